The molecular formula is C12H23N3O. The Labute approximate surface area is 98.0 Å². The van der Waals surface area contributed by atoms with Crippen molar-refractivity contribution in [2.75, 3.05) is 26.8 Å². The second-order valence-corrected chi connectivity index (χ2v) is 4.01. The number of aryl methyl sites for hydroxylation is 2. The van der Waals surface area contributed by atoms with E-state index in [1.54, 1.807) is 7.11 Å². The van der Waals surface area contributed by atoms with Gasteiger partial charge in [-0.25, -0.2) is 4.98 Å². The topological polar surface area (TPSA) is 39.1 Å². The molecule has 1 rings (SSSR count). The lowest BCUT2D eigenvalue weighted by Gasteiger charge is -2.04. The van der Waals surface area contributed by atoms with E-state index in [-0.39, 0.29) is 0 Å². The number of hydrogen-bond acceptors (Lipinski definition) is 3. The van der Waals surface area contributed by atoms with Gasteiger partial charge in [0.1, 0.15) is 5.82 Å². The highest BCUT2D eigenvalue weighted by Gasteiger charge is 1.98. The molecule has 1 aromatic rings. The Bertz CT molecular complexity index is 273. The summed E-state index contributed by atoms with van der Waals surface area (Å²) in [5, 5.41) is 3.35. The SMILES string of the molecule is COCCNCCCCCc1nccn1C. The molecular weight excluding hydrogens is 202 g/mol. The molecule has 1 heterocycles. The molecule has 0 unspecified atom stereocenters. The largest absolute Gasteiger partial charge is 0.383 e. The van der Waals surface area contributed by atoms with E-state index in [2.05, 4.69) is 21.9 Å². The maximum absolute atomic E-state index is 4.96. The highest BCUT2D eigenvalue weighted by atomic mass is 16.5. The fourth-order valence-corrected chi connectivity index (χ4v) is 1.65. The molecule has 0 saturated carbocycles. The van der Waals surface area contributed by atoms with Gasteiger partial charge in [-0.05, 0) is 19.4 Å². The maximum atomic E-state index is 4.96. The van der Waals surface area contributed by atoms with E-state index in [0.717, 1.165) is 26.1 Å². The molecule has 0 bridgehead atoms. The molecule has 1 N–H and O–H groups in total. The van der Waals surface area contributed by atoms with E-state index >= 15 is 0 Å². The Hall–Kier alpha value is -0.870. The van der Waals surface area contributed by atoms with Crippen LogP contribution in [0.15, 0.2) is 12.4 Å². The van der Waals surface area contributed by atoms with Crippen molar-refractivity contribution in [3.63, 3.8) is 0 Å². The smallest absolute Gasteiger partial charge is 0.108 e. The minimum Gasteiger partial charge on any atom is -0.383 e. The van der Waals surface area contributed by atoms with Crippen LogP contribution in [-0.4, -0.2) is 36.4 Å². The summed E-state index contributed by atoms with van der Waals surface area (Å²) >= 11 is 0. The Kier molecular flexibility index (Phi) is 6.85. The first-order valence-corrected chi connectivity index (χ1v) is 6.00. The lowest BCUT2D eigenvalue weighted by atomic mass is 10.2. The lowest BCUT2D eigenvalue weighted by molar-refractivity contribution is 0.199. The molecule has 0 saturated heterocycles. The zero-order chi connectivity index (χ0) is 11.6. The summed E-state index contributed by atoms with van der Waals surface area (Å²) in [6, 6.07) is 0. The first-order chi connectivity index (χ1) is 7.84. The minimum atomic E-state index is 0.799. The third-order valence-electron chi connectivity index (χ3n) is 2.66. The van der Waals surface area contributed by atoms with Crippen molar-refractivity contribution in [3.8, 4) is 0 Å². The fraction of sp³-hybridized carbons (Fsp3) is 0.750. The predicted molar refractivity (Wildman–Crippen MR) is 65.5 cm³/mol. The van der Waals surface area contributed by atoms with Gasteiger partial charge in [0.15, 0.2) is 0 Å². The summed E-state index contributed by atoms with van der Waals surface area (Å²) in [6.45, 7) is 2.84. The molecule has 0 spiro atoms. The first-order valence-electron chi connectivity index (χ1n) is 6.00. The van der Waals surface area contributed by atoms with Gasteiger partial charge >= 0.3 is 0 Å². The van der Waals surface area contributed by atoms with Gasteiger partial charge in [0.25, 0.3) is 0 Å². The summed E-state index contributed by atoms with van der Waals surface area (Å²) in [5.41, 5.74) is 0. The Balaban J connectivity index is 1.91. The predicted octanol–water partition coefficient (Wildman–Crippen LogP) is 1.37. The zero-order valence-electron chi connectivity index (χ0n) is 10.4. The number of rotatable bonds is 9. The van der Waals surface area contributed by atoms with Gasteiger partial charge in [0.2, 0.25) is 0 Å². The fourth-order valence-electron chi connectivity index (χ4n) is 1.65. The van der Waals surface area contributed by atoms with Crippen LogP contribution in [0.25, 0.3) is 0 Å². The number of aromatic nitrogens is 2. The summed E-state index contributed by atoms with van der Waals surface area (Å²) in [6.07, 6.45) is 8.66. The van der Waals surface area contributed by atoms with Gasteiger partial charge in [-0.15, -0.1) is 0 Å². The molecule has 4 nitrogen and oxygen atoms in total. The third kappa shape index (κ3) is 5.28. The van der Waals surface area contributed by atoms with Gasteiger partial charge in [-0.2, -0.15) is 0 Å². The van der Waals surface area contributed by atoms with Crippen LogP contribution in [0.5, 0.6) is 0 Å². The van der Waals surface area contributed by atoms with Crippen LogP contribution in [0.1, 0.15) is 25.1 Å². The second kappa shape index (κ2) is 8.30. The van der Waals surface area contributed by atoms with Crippen LogP contribution >= 0.6 is 0 Å². The maximum Gasteiger partial charge on any atom is 0.108 e. The highest BCUT2D eigenvalue weighted by molar-refractivity contribution is 4.90. The molecule has 0 atom stereocenters. The van der Waals surface area contributed by atoms with Crippen molar-refractivity contribution in [3.05, 3.63) is 18.2 Å². The van der Waals surface area contributed by atoms with E-state index in [1.165, 1.54) is 25.1 Å². The number of hydrogen-bond donors (Lipinski definition) is 1. The van der Waals surface area contributed by atoms with Crippen molar-refractivity contribution in [2.24, 2.45) is 7.05 Å². The average molecular weight is 225 g/mol. The monoisotopic (exact) mass is 225 g/mol. The van der Waals surface area contributed by atoms with Gasteiger partial charge in [0, 0.05) is 39.5 Å². The molecule has 0 aliphatic carbocycles. The third-order valence-corrected chi connectivity index (χ3v) is 2.66. The van der Waals surface area contributed by atoms with Crippen molar-refractivity contribution in [1.82, 2.24) is 14.9 Å². The van der Waals surface area contributed by atoms with Gasteiger partial charge in [0.05, 0.1) is 6.61 Å². The van der Waals surface area contributed by atoms with Crippen LogP contribution in [-0.2, 0) is 18.2 Å². The summed E-state index contributed by atoms with van der Waals surface area (Å²) < 4.78 is 7.05. The molecule has 16 heavy (non-hydrogen) atoms. The van der Waals surface area contributed by atoms with E-state index in [4.69, 9.17) is 4.74 Å². The van der Waals surface area contributed by atoms with E-state index in [1.807, 2.05) is 12.4 Å². The molecule has 0 fully saturated rings. The van der Waals surface area contributed by atoms with E-state index in [0.29, 0.717) is 0 Å². The van der Waals surface area contributed by atoms with Crippen LogP contribution in [0.4, 0.5) is 0 Å². The van der Waals surface area contributed by atoms with Crippen LogP contribution in [0.2, 0.25) is 0 Å². The molecule has 0 aromatic carbocycles. The average Bonchev–Trinajstić information content (AvgIpc) is 2.68. The Morgan fingerprint density at radius 2 is 2.19 bits per heavy atom. The van der Waals surface area contributed by atoms with Gasteiger partial charge < -0.3 is 14.6 Å². The van der Waals surface area contributed by atoms with Crippen molar-refractivity contribution >= 4 is 0 Å². The molecule has 92 valence electrons. The quantitative estimate of drug-likeness (QED) is 0.645. The number of nitrogens with one attached hydrogen (secondary N) is 1. The number of methoxy groups -OCH3 is 1. The van der Waals surface area contributed by atoms with Crippen LogP contribution < -0.4 is 5.32 Å². The molecule has 0 amide bonds. The molecule has 0 aliphatic rings. The number of unbranched alkanes of at least 4 members (excludes halogenated alkanes) is 2. The number of imidazole rings is 1. The van der Waals surface area contributed by atoms with Gasteiger partial charge in [-0.3, -0.25) is 0 Å². The minimum absolute atomic E-state index is 0.799. The number of nitrogens with zero attached hydrogens (tertiary/aromatic N) is 2. The standard InChI is InChI=1S/C12H23N3O/c1-15-10-8-14-12(15)6-4-3-5-7-13-9-11-16-2/h8,10,13H,3-7,9,11H2,1-2H3. The Morgan fingerprint density at radius 1 is 1.31 bits per heavy atom. The van der Waals surface area contributed by atoms with Crippen LogP contribution in [0.3, 0.4) is 0 Å². The number of ether oxygens (including phenoxy) is 1. The van der Waals surface area contributed by atoms with Crippen molar-refractivity contribution in [1.29, 1.82) is 0 Å². The first kappa shape index (κ1) is 13.2. The van der Waals surface area contributed by atoms with Crippen molar-refractivity contribution < 1.29 is 4.74 Å². The van der Waals surface area contributed by atoms with Crippen LogP contribution in [0, 0.1) is 0 Å². The molecule has 0 radical (unpaired) electrons. The van der Waals surface area contributed by atoms with Crippen molar-refractivity contribution in [2.45, 2.75) is 25.7 Å². The summed E-state index contributed by atoms with van der Waals surface area (Å²) in [7, 11) is 3.78. The second-order valence-electron chi connectivity index (χ2n) is 4.01. The highest BCUT2D eigenvalue weighted by Crippen LogP contribution is 2.03. The molecule has 0 aliphatic heterocycles. The van der Waals surface area contributed by atoms with E-state index < -0.39 is 0 Å². The normalized spacial score (nSPS) is 10.9. The lowest BCUT2D eigenvalue weighted by Crippen LogP contribution is -2.20. The molecule has 4 heteroatoms. The summed E-state index contributed by atoms with van der Waals surface area (Å²) in [5.74, 6) is 1.19. The molecule has 1 aromatic heterocycles. The van der Waals surface area contributed by atoms with Gasteiger partial charge in [-0.1, -0.05) is 6.42 Å². The van der Waals surface area contributed by atoms with E-state index in [9.17, 15) is 0 Å². The Morgan fingerprint density at radius 3 is 2.88 bits per heavy atom. The summed E-state index contributed by atoms with van der Waals surface area (Å²) in [4.78, 5) is 4.30. The zero-order valence-corrected chi connectivity index (χ0v) is 10.4.